The zero-order valence-corrected chi connectivity index (χ0v) is 13.1. The van der Waals surface area contributed by atoms with Crippen molar-refractivity contribution in [1.29, 1.82) is 0 Å². The topological polar surface area (TPSA) is 12.0 Å². The molecule has 0 bridgehead atoms. The van der Waals surface area contributed by atoms with E-state index in [9.17, 15) is 0 Å². The van der Waals surface area contributed by atoms with Crippen molar-refractivity contribution in [3.8, 4) is 0 Å². The van der Waals surface area contributed by atoms with Gasteiger partial charge in [0.2, 0.25) is 0 Å². The van der Waals surface area contributed by atoms with Crippen molar-refractivity contribution in [2.24, 2.45) is 0 Å². The van der Waals surface area contributed by atoms with Crippen LogP contribution in [0.2, 0.25) is 5.02 Å². The highest BCUT2D eigenvalue weighted by Crippen LogP contribution is 2.44. The third kappa shape index (κ3) is 2.70. The SMILES string of the molecule is CCNC(c1sccc1Cl)C1Cc2ccccc2S1. The van der Waals surface area contributed by atoms with Gasteiger partial charge < -0.3 is 5.32 Å². The van der Waals surface area contributed by atoms with Gasteiger partial charge in [-0.1, -0.05) is 36.7 Å². The van der Waals surface area contributed by atoms with Gasteiger partial charge in [0.1, 0.15) is 0 Å². The van der Waals surface area contributed by atoms with Gasteiger partial charge in [0, 0.05) is 15.0 Å². The van der Waals surface area contributed by atoms with Gasteiger partial charge in [-0.05, 0) is 36.0 Å². The molecular weight excluding hydrogens is 294 g/mol. The van der Waals surface area contributed by atoms with Crippen molar-refractivity contribution in [3.63, 3.8) is 0 Å². The van der Waals surface area contributed by atoms with Crippen LogP contribution in [0.25, 0.3) is 0 Å². The number of hydrogen-bond acceptors (Lipinski definition) is 3. The van der Waals surface area contributed by atoms with Crippen LogP contribution in [0.4, 0.5) is 0 Å². The minimum Gasteiger partial charge on any atom is -0.309 e. The van der Waals surface area contributed by atoms with Gasteiger partial charge in [-0.25, -0.2) is 0 Å². The maximum Gasteiger partial charge on any atom is 0.0561 e. The standard InChI is InChI=1S/C15H16ClNS2/c1-2-17-14(15-11(16)7-8-18-15)13-9-10-5-3-4-6-12(10)19-13/h3-8,13-14,17H,2,9H2,1H3. The Morgan fingerprint density at radius 3 is 2.89 bits per heavy atom. The summed E-state index contributed by atoms with van der Waals surface area (Å²) in [5.74, 6) is 0. The van der Waals surface area contributed by atoms with Crippen LogP contribution in [0.5, 0.6) is 0 Å². The molecule has 1 aliphatic heterocycles. The molecule has 1 aromatic carbocycles. The fourth-order valence-electron chi connectivity index (χ4n) is 2.54. The Balaban J connectivity index is 1.86. The molecule has 2 aromatic rings. The van der Waals surface area contributed by atoms with Crippen LogP contribution in [0, 0.1) is 0 Å². The molecule has 0 saturated carbocycles. The highest BCUT2D eigenvalue weighted by Gasteiger charge is 2.31. The number of hydrogen-bond donors (Lipinski definition) is 1. The van der Waals surface area contributed by atoms with Gasteiger partial charge in [0.15, 0.2) is 0 Å². The maximum atomic E-state index is 6.32. The fraction of sp³-hybridized carbons (Fsp3) is 0.333. The predicted molar refractivity (Wildman–Crippen MR) is 85.5 cm³/mol. The highest BCUT2D eigenvalue weighted by molar-refractivity contribution is 8.00. The van der Waals surface area contributed by atoms with Crippen LogP contribution >= 0.6 is 34.7 Å². The molecule has 1 nitrogen and oxygen atoms in total. The minimum atomic E-state index is 0.342. The highest BCUT2D eigenvalue weighted by atomic mass is 35.5. The second kappa shape index (κ2) is 5.88. The zero-order chi connectivity index (χ0) is 13.2. The molecule has 1 aromatic heterocycles. The normalized spacial score (nSPS) is 19.4. The lowest BCUT2D eigenvalue weighted by Crippen LogP contribution is -2.29. The summed E-state index contributed by atoms with van der Waals surface area (Å²) in [6.45, 7) is 3.12. The molecule has 2 unspecified atom stereocenters. The van der Waals surface area contributed by atoms with Crippen molar-refractivity contribution in [2.75, 3.05) is 6.54 Å². The second-order valence-electron chi connectivity index (χ2n) is 4.64. The van der Waals surface area contributed by atoms with Crippen LogP contribution in [0.3, 0.4) is 0 Å². The van der Waals surface area contributed by atoms with E-state index in [-0.39, 0.29) is 0 Å². The van der Waals surface area contributed by atoms with E-state index in [1.807, 2.05) is 17.8 Å². The molecule has 1 N–H and O–H groups in total. The summed E-state index contributed by atoms with van der Waals surface area (Å²) < 4.78 is 0. The van der Waals surface area contributed by atoms with E-state index in [1.54, 1.807) is 11.3 Å². The zero-order valence-electron chi connectivity index (χ0n) is 10.7. The average Bonchev–Trinajstić information content (AvgIpc) is 3.02. The third-order valence-corrected chi connectivity index (χ3v) is 6.23. The maximum absolute atomic E-state index is 6.32. The Labute approximate surface area is 127 Å². The van der Waals surface area contributed by atoms with Crippen molar-refractivity contribution in [3.05, 3.63) is 51.2 Å². The van der Waals surface area contributed by atoms with Crippen LogP contribution in [0.15, 0.2) is 40.6 Å². The largest absolute Gasteiger partial charge is 0.309 e. The lowest BCUT2D eigenvalue weighted by atomic mass is 10.0. The van der Waals surface area contributed by atoms with E-state index in [0.29, 0.717) is 11.3 Å². The number of benzene rings is 1. The van der Waals surface area contributed by atoms with Gasteiger partial charge in [-0.15, -0.1) is 23.1 Å². The van der Waals surface area contributed by atoms with Gasteiger partial charge >= 0.3 is 0 Å². The van der Waals surface area contributed by atoms with Gasteiger partial charge in [0.25, 0.3) is 0 Å². The molecular formula is C15H16ClNS2. The van der Waals surface area contributed by atoms with Crippen molar-refractivity contribution < 1.29 is 0 Å². The molecule has 0 radical (unpaired) electrons. The van der Waals surface area contributed by atoms with Crippen molar-refractivity contribution >= 4 is 34.7 Å². The molecule has 0 amide bonds. The summed E-state index contributed by atoms with van der Waals surface area (Å²) >= 11 is 10.1. The molecule has 0 fully saturated rings. The van der Waals surface area contributed by atoms with E-state index in [2.05, 4.69) is 41.9 Å². The van der Waals surface area contributed by atoms with Crippen molar-refractivity contribution in [1.82, 2.24) is 5.32 Å². The lowest BCUT2D eigenvalue weighted by molar-refractivity contribution is 0.539. The minimum absolute atomic E-state index is 0.342. The van der Waals surface area contributed by atoms with Gasteiger partial charge in [0.05, 0.1) is 11.1 Å². The molecule has 2 heterocycles. The van der Waals surface area contributed by atoms with Crippen molar-refractivity contribution in [2.45, 2.75) is 29.5 Å². The quantitative estimate of drug-likeness (QED) is 0.873. The molecule has 1 aliphatic rings. The van der Waals surface area contributed by atoms with E-state index < -0.39 is 0 Å². The molecule has 0 saturated heterocycles. The number of rotatable bonds is 4. The van der Waals surface area contributed by atoms with Crippen LogP contribution in [-0.2, 0) is 6.42 Å². The first-order chi connectivity index (χ1) is 9.29. The molecule has 4 heteroatoms. The lowest BCUT2D eigenvalue weighted by Gasteiger charge is -2.23. The second-order valence-corrected chi connectivity index (χ2v) is 7.27. The fourth-order valence-corrected chi connectivity index (χ4v) is 5.35. The third-order valence-electron chi connectivity index (χ3n) is 3.40. The predicted octanol–water partition coefficient (Wildman–Crippen LogP) is 4.77. The summed E-state index contributed by atoms with van der Waals surface area (Å²) in [5.41, 5.74) is 1.47. The Hall–Kier alpha value is -0.480. The average molecular weight is 310 g/mol. The number of nitrogens with one attached hydrogen (secondary N) is 1. The summed E-state index contributed by atoms with van der Waals surface area (Å²) in [6, 6.07) is 11.0. The molecule has 2 atom stereocenters. The number of halogens is 1. The molecule has 0 aliphatic carbocycles. The van der Waals surface area contributed by atoms with Gasteiger partial charge in [-0.3, -0.25) is 0 Å². The van der Waals surface area contributed by atoms with E-state index in [0.717, 1.165) is 18.0 Å². The van der Waals surface area contributed by atoms with Crippen LogP contribution in [-0.4, -0.2) is 11.8 Å². The first-order valence-corrected chi connectivity index (χ1v) is 8.64. The molecule has 19 heavy (non-hydrogen) atoms. The Kier molecular flexibility index (Phi) is 4.18. The Morgan fingerprint density at radius 2 is 2.21 bits per heavy atom. The van der Waals surface area contributed by atoms with E-state index in [1.165, 1.54) is 15.3 Å². The number of thioether (sulfide) groups is 1. The summed E-state index contributed by atoms with van der Waals surface area (Å²) in [5, 5.41) is 7.12. The number of fused-ring (bicyclic) bond motifs is 1. The summed E-state index contributed by atoms with van der Waals surface area (Å²) in [6.07, 6.45) is 1.12. The van der Waals surface area contributed by atoms with Gasteiger partial charge in [-0.2, -0.15) is 0 Å². The molecule has 100 valence electrons. The first-order valence-electron chi connectivity index (χ1n) is 6.50. The van der Waals surface area contributed by atoms with E-state index in [4.69, 9.17) is 11.6 Å². The summed E-state index contributed by atoms with van der Waals surface area (Å²) in [4.78, 5) is 2.69. The Bertz CT molecular complexity index is 542. The van der Waals surface area contributed by atoms with E-state index >= 15 is 0 Å². The first kappa shape index (κ1) is 13.5. The molecule has 3 rings (SSSR count). The van der Waals surface area contributed by atoms with Crippen LogP contribution in [0.1, 0.15) is 23.4 Å². The molecule has 0 spiro atoms. The summed E-state index contributed by atoms with van der Waals surface area (Å²) in [7, 11) is 0. The smallest absolute Gasteiger partial charge is 0.0561 e. The Morgan fingerprint density at radius 1 is 1.37 bits per heavy atom. The van der Waals surface area contributed by atoms with Crippen LogP contribution < -0.4 is 5.32 Å². The monoisotopic (exact) mass is 309 g/mol. The number of thiophene rings is 1.